The van der Waals surface area contributed by atoms with E-state index in [0.717, 1.165) is 6.54 Å². The lowest BCUT2D eigenvalue weighted by Gasteiger charge is -2.19. The number of hydrogen-bond donors (Lipinski definition) is 1. The van der Waals surface area contributed by atoms with Gasteiger partial charge >= 0.3 is 0 Å². The number of likely N-dealkylation sites (N-methyl/N-ethyl adjacent to an activating group) is 1. The third-order valence-electron chi connectivity index (χ3n) is 3.15. The van der Waals surface area contributed by atoms with E-state index in [9.17, 15) is 4.79 Å². The molecule has 1 aromatic rings. The van der Waals surface area contributed by atoms with Crippen LogP contribution in [0.15, 0.2) is 18.5 Å². The number of nitrogens with zero attached hydrogens (tertiary/aromatic N) is 2. The number of carbonyl (C=O) groups excluding carboxylic acids is 1. The van der Waals surface area contributed by atoms with E-state index in [4.69, 9.17) is 4.74 Å². The van der Waals surface area contributed by atoms with Crippen LogP contribution >= 0.6 is 0 Å². The Morgan fingerprint density at radius 1 is 1.61 bits per heavy atom. The molecule has 98 valence electrons. The minimum Gasteiger partial charge on any atom is -0.490 e. The number of rotatable bonds is 4. The molecule has 0 radical (unpaired) electrons. The number of aromatic nitrogens is 1. The van der Waals surface area contributed by atoms with E-state index in [1.807, 2.05) is 0 Å². The number of anilines is 1. The van der Waals surface area contributed by atoms with Crippen LogP contribution in [0.3, 0.4) is 0 Å². The molecule has 1 saturated heterocycles. The molecule has 5 heteroatoms. The molecular weight excluding hydrogens is 230 g/mol. The molecule has 5 nitrogen and oxygen atoms in total. The van der Waals surface area contributed by atoms with Crippen LogP contribution in [0.4, 0.5) is 5.69 Å². The topological polar surface area (TPSA) is 54.5 Å². The summed E-state index contributed by atoms with van der Waals surface area (Å²) in [7, 11) is 2.12. The lowest BCUT2D eigenvalue weighted by molar-refractivity contribution is -0.114. The lowest BCUT2D eigenvalue weighted by Crippen LogP contribution is -2.30. The SMILES string of the molecule is CC(=O)Nc1cncc(OC[C@@H]2CCCN2C)c1. The van der Waals surface area contributed by atoms with E-state index in [0.29, 0.717) is 24.1 Å². The molecule has 1 fully saturated rings. The highest BCUT2D eigenvalue weighted by atomic mass is 16.5. The normalized spacial score (nSPS) is 19.8. The number of nitrogens with one attached hydrogen (secondary N) is 1. The van der Waals surface area contributed by atoms with Gasteiger partial charge in [-0.05, 0) is 26.4 Å². The van der Waals surface area contributed by atoms with Crippen LogP contribution in [-0.2, 0) is 4.79 Å². The van der Waals surface area contributed by atoms with Crippen LogP contribution in [0, 0.1) is 0 Å². The van der Waals surface area contributed by atoms with Gasteiger partial charge in [0.15, 0.2) is 0 Å². The maximum Gasteiger partial charge on any atom is 0.221 e. The first kappa shape index (κ1) is 12.8. The molecule has 0 unspecified atom stereocenters. The third kappa shape index (κ3) is 3.43. The molecule has 2 rings (SSSR count). The van der Waals surface area contributed by atoms with Gasteiger partial charge in [-0.3, -0.25) is 9.78 Å². The summed E-state index contributed by atoms with van der Waals surface area (Å²) in [6, 6.07) is 2.28. The van der Waals surface area contributed by atoms with Crippen molar-refractivity contribution in [2.45, 2.75) is 25.8 Å². The Balaban J connectivity index is 1.90. The smallest absolute Gasteiger partial charge is 0.221 e. The van der Waals surface area contributed by atoms with Crippen molar-refractivity contribution in [2.24, 2.45) is 0 Å². The molecule has 1 N–H and O–H groups in total. The Kier molecular flexibility index (Phi) is 4.15. The van der Waals surface area contributed by atoms with Gasteiger partial charge in [0.25, 0.3) is 0 Å². The highest BCUT2D eigenvalue weighted by Gasteiger charge is 2.21. The van der Waals surface area contributed by atoms with Crippen molar-refractivity contribution < 1.29 is 9.53 Å². The van der Waals surface area contributed by atoms with Gasteiger partial charge in [0.2, 0.25) is 5.91 Å². The Morgan fingerprint density at radius 3 is 3.11 bits per heavy atom. The van der Waals surface area contributed by atoms with E-state index >= 15 is 0 Å². The molecule has 2 heterocycles. The molecule has 0 bridgehead atoms. The molecule has 1 atom stereocenters. The zero-order valence-corrected chi connectivity index (χ0v) is 10.8. The predicted molar refractivity (Wildman–Crippen MR) is 69.7 cm³/mol. The summed E-state index contributed by atoms with van der Waals surface area (Å²) in [5.74, 6) is 0.589. The summed E-state index contributed by atoms with van der Waals surface area (Å²) in [6.07, 6.45) is 5.68. The summed E-state index contributed by atoms with van der Waals surface area (Å²) in [5, 5.41) is 2.69. The maximum absolute atomic E-state index is 10.9. The van der Waals surface area contributed by atoms with Crippen molar-refractivity contribution in [3.8, 4) is 5.75 Å². The first-order valence-corrected chi connectivity index (χ1v) is 6.21. The second-order valence-electron chi connectivity index (χ2n) is 4.68. The van der Waals surface area contributed by atoms with Crippen LogP contribution in [0.1, 0.15) is 19.8 Å². The van der Waals surface area contributed by atoms with Crippen molar-refractivity contribution in [1.82, 2.24) is 9.88 Å². The fraction of sp³-hybridized carbons (Fsp3) is 0.538. The first-order valence-electron chi connectivity index (χ1n) is 6.21. The maximum atomic E-state index is 10.9. The molecule has 1 aliphatic heterocycles. The molecular formula is C13H19N3O2. The monoisotopic (exact) mass is 249 g/mol. The zero-order valence-electron chi connectivity index (χ0n) is 10.8. The standard InChI is InChI=1S/C13H19N3O2/c1-10(17)15-11-6-13(8-14-7-11)18-9-12-4-3-5-16(12)2/h6-8,12H,3-5,9H2,1-2H3,(H,15,17)/t12-/m0/s1. The van der Waals surface area contributed by atoms with Gasteiger partial charge in [-0.2, -0.15) is 0 Å². The number of carbonyl (C=O) groups is 1. The first-order chi connectivity index (χ1) is 8.65. The summed E-state index contributed by atoms with van der Waals surface area (Å²) in [5.41, 5.74) is 0.666. The molecule has 1 aliphatic rings. The fourth-order valence-corrected chi connectivity index (χ4v) is 2.15. The Bertz CT molecular complexity index is 422. The average Bonchev–Trinajstić information content (AvgIpc) is 2.72. The second-order valence-corrected chi connectivity index (χ2v) is 4.68. The van der Waals surface area contributed by atoms with E-state index in [2.05, 4.69) is 22.2 Å². The highest BCUT2D eigenvalue weighted by Crippen LogP contribution is 2.19. The summed E-state index contributed by atoms with van der Waals surface area (Å²) in [4.78, 5) is 17.3. The quantitative estimate of drug-likeness (QED) is 0.879. The van der Waals surface area contributed by atoms with Gasteiger partial charge in [0, 0.05) is 19.0 Å². The van der Waals surface area contributed by atoms with Crippen LogP contribution in [0.2, 0.25) is 0 Å². The van der Waals surface area contributed by atoms with Gasteiger partial charge in [0.05, 0.1) is 18.1 Å². The molecule has 1 amide bonds. The van der Waals surface area contributed by atoms with Gasteiger partial charge in [0.1, 0.15) is 12.4 Å². The minimum atomic E-state index is -0.107. The molecule has 0 saturated carbocycles. The highest BCUT2D eigenvalue weighted by molar-refractivity contribution is 5.88. The van der Waals surface area contributed by atoms with E-state index < -0.39 is 0 Å². The third-order valence-corrected chi connectivity index (χ3v) is 3.15. The molecule has 0 aromatic carbocycles. The fourth-order valence-electron chi connectivity index (χ4n) is 2.15. The molecule has 18 heavy (non-hydrogen) atoms. The van der Waals surface area contributed by atoms with Gasteiger partial charge in [-0.15, -0.1) is 0 Å². The number of likely N-dealkylation sites (tertiary alicyclic amines) is 1. The number of amides is 1. The molecule has 0 spiro atoms. The van der Waals surface area contributed by atoms with Gasteiger partial charge in [-0.25, -0.2) is 0 Å². The Labute approximate surface area is 107 Å². The van der Waals surface area contributed by atoms with Crippen LogP contribution in [0.25, 0.3) is 0 Å². The van der Waals surface area contributed by atoms with Gasteiger partial charge in [-0.1, -0.05) is 0 Å². The van der Waals surface area contributed by atoms with Crippen molar-refractivity contribution in [2.75, 3.05) is 25.5 Å². The summed E-state index contributed by atoms with van der Waals surface area (Å²) < 4.78 is 5.73. The van der Waals surface area contributed by atoms with Crippen molar-refractivity contribution in [3.63, 3.8) is 0 Å². The second kappa shape index (κ2) is 5.82. The predicted octanol–water partition coefficient (Wildman–Crippen LogP) is 1.51. The van der Waals surface area contributed by atoms with Crippen molar-refractivity contribution in [3.05, 3.63) is 18.5 Å². The number of hydrogen-bond acceptors (Lipinski definition) is 4. The molecule has 1 aromatic heterocycles. The van der Waals surface area contributed by atoms with Crippen molar-refractivity contribution in [1.29, 1.82) is 0 Å². The minimum absolute atomic E-state index is 0.107. The average molecular weight is 249 g/mol. The van der Waals surface area contributed by atoms with E-state index in [-0.39, 0.29) is 5.91 Å². The lowest BCUT2D eigenvalue weighted by atomic mass is 10.2. The Hall–Kier alpha value is -1.62. The summed E-state index contributed by atoms with van der Waals surface area (Å²) >= 11 is 0. The van der Waals surface area contributed by atoms with Crippen LogP contribution < -0.4 is 10.1 Å². The van der Waals surface area contributed by atoms with E-state index in [1.54, 1.807) is 18.5 Å². The number of ether oxygens (including phenoxy) is 1. The van der Waals surface area contributed by atoms with Crippen molar-refractivity contribution >= 4 is 11.6 Å². The van der Waals surface area contributed by atoms with Crippen LogP contribution in [-0.4, -0.2) is 42.0 Å². The van der Waals surface area contributed by atoms with Gasteiger partial charge < -0.3 is 15.0 Å². The Morgan fingerprint density at radius 2 is 2.44 bits per heavy atom. The zero-order chi connectivity index (χ0) is 13.0. The van der Waals surface area contributed by atoms with Crippen LogP contribution in [0.5, 0.6) is 5.75 Å². The largest absolute Gasteiger partial charge is 0.490 e. The van der Waals surface area contributed by atoms with E-state index in [1.165, 1.54) is 19.8 Å². The summed E-state index contributed by atoms with van der Waals surface area (Å²) in [6.45, 7) is 3.28. The number of pyridine rings is 1. The molecule has 0 aliphatic carbocycles.